The van der Waals surface area contributed by atoms with Crippen LogP contribution in [0.4, 0.5) is 0 Å². The summed E-state index contributed by atoms with van der Waals surface area (Å²) in [5.74, 6) is 0. The molecule has 78 valence electrons. The fraction of sp³-hybridized carbons (Fsp3) is 0.300. The predicted molar refractivity (Wildman–Crippen MR) is 56.1 cm³/mol. The molecule has 1 unspecified atom stereocenters. The molecule has 0 saturated carbocycles. The maximum absolute atomic E-state index is 4.22. The van der Waals surface area contributed by atoms with Crippen LogP contribution in [0, 0.1) is 0 Å². The van der Waals surface area contributed by atoms with Crippen molar-refractivity contribution in [3.8, 4) is 0 Å². The molecule has 0 amide bonds. The van der Waals surface area contributed by atoms with E-state index in [0.717, 1.165) is 11.3 Å². The van der Waals surface area contributed by atoms with Crippen molar-refractivity contribution in [1.82, 2.24) is 25.1 Å². The van der Waals surface area contributed by atoms with Crippen LogP contribution in [0.2, 0.25) is 0 Å². The molecule has 2 aromatic heterocycles. The SMILES string of the molecule is CNC(c1cnn(C)c1)c1ccncn1. The number of rotatable bonds is 3. The van der Waals surface area contributed by atoms with Crippen molar-refractivity contribution in [3.05, 3.63) is 42.2 Å². The molecule has 0 aliphatic carbocycles. The molecular formula is C10H13N5. The third-order valence-electron chi connectivity index (χ3n) is 2.25. The maximum Gasteiger partial charge on any atom is 0.115 e. The van der Waals surface area contributed by atoms with Crippen LogP contribution >= 0.6 is 0 Å². The fourth-order valence-corrected chi connectivity index (χ4v) is 1.55. The normalized spacial score (nSPS) is 12.7. The summed E-state index contributed by atoms with van der Waals surface area (Å²) in [6, 6.07) is 1.97. The Morgan fingerprint density at radius 1 is 1.47 bits per heavy atom. The van der Waals surface area contributed by atoms with Crippen LogP contribution in [0.3, 0.4) is 0 Å². The van der Waals surface area contributed by atoms with Gasteiger partial charge in [0.2, 0.25) is 0 Å². The molecule has 2 aromatic rings. The molecule has 1 atom stereocenters. The van der Waals surface area contributed by atoms with Crippen molar-refractivity contribution in [2.24, 2.45) is 7.05 Å². The highest BCUT2D eigenvalue weighted by Crippen LogP contribution is 2.17. The molecule has 0 spiro atoms. The fourth-order valence-electron chi connectivity index (χ4n) is 1.55. The van der Waals surface area contributed by atoms with Crippen molar-refractivity contribution < 1.29 is 0 Å². The minimum absolute atomic E-state index is 0.0710. The zero-order chi connectivity index (χ0) is 10.7. The Labute approximate surface area is 88.2 Å². The first-order chi connectivity index (χ1) is 7.31. The van der Waals surface area contributed by atoms with Crippen LogP contribution in [-0.4, -0.2) is 26.8 Å². The summed E-state index contributed by atoms with van der Waals surface area (Å²) in [7, 11) is 3.80. The number of aromatic nitrogens is 4. The van der Waals surface area contributed by atoms with Crippen LogP contribution < -0.4 is 5.32 Å². The first-order valence-electron chi connectivity index (χ1n) is 4.73. The van der Waals surface area contributed by atoms with E-state index >= 15 is 0 Å². The molecule has 0 fully saturated rings. The summed E-state index contributed by atoms with van der Waals surface area (Å²) in [5.41, 5.74) is 2.04. The Kier molecular flexibility index (Phi) is 2.73. The Morgan fingerprint density at radius 2 is 2.33 bits per heavy atom. The van der Waals surface area contributed by atoms with Gasteiger partial charge in [0.25, 0.3) is 0 Å². The Hall–Kier alpha value is -1.75. The topological polar surface area (TPSA) is 55.6 Å². The highest BCUT2D eigenvalue weighted by molar-refractivity contribution is 5.22. The monoisotopic (exact) mass is 203 g/mol. The Morgan fingerprint density at radius 3 is 2.87 bits per heavy atom. The minimum Gasteiger partial charge on any atom is -0.308 e. The first-order valence-corrected chi connectivity index (χ1v) is 4.73. The average Bonchev–Trinajstić information content (AvgIpc) is 2.68. The summed E-state index contributed by atoms with van der Waals surface area (Å²) < 4.78 is 1.78. The molecular weight excluding hydrogens is 190 g/mol. The van der Waals surface area contributed by atoms with E-state index in [0.29, 0.717) is 0 Å². The second-order valence-electron chi connectivity index (χ2n) is 3.30. The van der Waals surface area contributed by atoms with E-state index in [2.05, 4.69) is 20.4 Å². The lowest BCUT2D eigenvalue weighted by atomic mass is 10.1. The van der Waals surface area contributed by atoms with Gasteiger partial charge in [-0.2, -0.15) is 5.10 Å². The van der Waals surface area contributed by atoms with Gasteiger partial charge in [0.1, 0.15) is 6.33 Å². The number of nitrogens with one attached hydrogen (secondary N) is 1. The lowest BCUT2D eigenvalue weighted by Gasteiger charge is -2.12. The highest BCUT2D eigenvalue weighted by atomic mass is 15.2. The standard InChI is InChI=1S/C10H13N5/c1-11-10(8-5-14-15(2)6-8)9-3-4-12-7-13-9/h3-7,10-11H,1-2H3. The highest BCUT2D eigenvalue weighted by Gasteiger charge is 2.14. The average molecular weight is 203 g/mol. The van der Waals surface area contributed by atoms with E-state index in [1.807, 2.05) is 32.6 Å². The molecule has 0 aliphatic rings. The van der Waals surface area contributed by atoms with Gasteiger partial charge in [0.15, 0.2) is 0 Å². The summed E-state index contributed by atoms with van der Waals surface area (Å²) >= 11 is 0. The van der Waals surface area contributed by atoms with Crippen molar-refractivity contribution in [3.63, 3.8) is 0 Å². The van der Waals surface area contributed by atoms with E-state index in [9.17, 15) is 0 Å². The van der Waals surface area contributed by atoms with Gasteiger partial charge in [-0.3, -0.25) is 4.68 Å². The third kappa shape index (κ3) is 2.02. The predicted octanol–water partition coefficient (Wildman–Crippen LogP) is 0.519. The molecule has 1 N–H and O–H groups in total. The van der Waals surface area contributed by atoms with E-state index in [1.165, 1.54) is 0 Å². The lowest BCUT2D eigenvalue weighted by molar-refractivity contribution is 0.666. The van der Waals surface area contributed by atoms with Gasteiger partial charge < -0.3 is 5.32 Å². The van der Waals surface area contributed by atoms with Crippen molar-refractivity contribution in [1.29, 1.82) is 0 Å². The van der Waals surface area contributed by atoms with Crippen LogP contribution in [0.5, 0.6) is 0 Å². The van der Waals surface area contributed by atoms with Crippen molar-refractivity contribution in [2.75, 3.05) is 7.05 Å². The molecule has 0 radical (unpaired) electrons. The second kappa shape index (κ2) is 4.18. The summed E-state index contributed by atoms with van der Waals surface area (Å²) in [6.07, 6.45) is 7.10. The molecule has 2 heterocycles. The van der Waals surface area contributed by atoms with E-state index in [1.54, 1.807) is 17.2 Å². The summed E-state index contributed by atoms with van der Waals surface area (Å²) in [4.78, 5) is 8.13. The van der Waals surface area contributed by atoms with Gasteiger partial charge in [0.05, 0.1) is 17.9 Å². The van der Waals surface area contributed by atoms with E-state index in [-0.39, 0.29) is 6.04 Å². The Bertz CT molecular complexity index is 422. The quantitative estimate of drug-likeness (QED) is 0.790. The molecule has 5 heteroatoms. The van der Waals surface area contributed by atoms with Crippen LogP contribution in [0.1, 0.15) is 17.3 Å². The lowest BCUT2D eigenvalue weighted by Crippen LogP contribution is -2.18. The largest absolute Gasteiger partial charge is 0.308 e. The first kappa shape index (κ1) is 9.79. The zero-order valence-electron chi connectivity index (χ0n) is 8.75. The van der Waals surface area contributed by atoms with Crippen molar-refractivity contribution >= 4 is 0 Å². The smallest absolute Gasteiger partial charge is 0.115 e. The van der Waals surface area contributed by atoms with E-state index in [4.69, 9.17) is 0 Å². The number of nitrogens with zero attached hydrogens (tertiary/aromatic N) is 4. The van der Waals surface area contributed by atoms with Crippen LogP contribution in [0.15, 0.2) is 31.0 Å². The molecule has 0 saturated heterocycles. The molecule has 0 aliphatic heterocycles. The Balaban J connectivity index is 2.33. The van der Waals surface area contributed by atoms with E-state index < -0.39 is 0 Å². The van der Waals surface area contributed by atoms with Gasteiger partial charge in [-0.15, -0.1) is 0 Å². The molecule has 0 aromatic carbocycles. The second-order valence-corrected chi connectivity index (χ2v) is 3.30. The molecule has 15 heavy (non-hydrogen) atoms. The number of aryl methyl sites for hydroxylation is 1. The number of hydrogen-bond acceptors (Lipinski definition) is 4. The van der Waals surface area contributed by atoms with Gasteiger partial charge in [-0.25, -0.2) is 9.97 Å². The van der Waals surface area contributed by atoms with Crippen molar-refractivity contribution in [2.45, 2.75) is 6.04 Å². The molecule has 5 nitrogen and oxygen atoms in total. The van der Waals surface area contributed by atoms with Gasteiger partial charge >= 0.3 is 0 Å². The zero-order valence-corrected chi connectivity index (χ0v) is 8.75. The molecule has 0 bridgehead atoms. The summed E-state index contributed by atoms with van der Waals surface area (Å²) in [5, 5.41) is 7.35. The molecule has 2 rings (SSSR count). The maximum atomic E-state index is 4.22. The van der Waals surface area contributed by atoms with Gasteiger partial charge in [-0.05, 0) is 13.1 Å². The van der Waals surface area contributed by atoms with Crippen LogP contribution in [0.25, 0.3) is 0 Å². The minimum atomic E-state index is 0.0710. The van der Waals surface area contributed by atoms with Gasteiger partial charge in [0, 0.05) is 25.0 Å². The van der Waals surface area contributed by atoms with Crippen LogP contribution in [-0.2, 0) is 7.05 Å². The third-order valence-corrected chi connectivity index (χ3v) is 2.25. The summed E-state index contributed by atoms with van der Waals surface area (Å²) in [6.45, 7) is 0. The number of hydrogen-bond donors (Lipinski definition) is 1. The van der Waals surface area contributed by atoms with Gasteiger partial charge in [-0.1, -0.05) is 0 Å².